The first-order valence-corrected chi connectivity index (χ1v) is 14.6. The van der Waals surface area contributed by atoms with Crippen molar-refractivity contribution in [1.82, 2.24) is 9.55 Å². The van der Waals surface area contributed by atoms with Crippen LogP contribution in [0.25, 0.3) is 0 Å². The molecular weight excluding hydrogens is 512 g/mol. The Morgan fingerprint density at radius 3 is 2.52 bits per heavy atom. The molecule has 3 rings (SSSR count). The number of nitrogens with zero attached hydrogens (tertiary/aromatic N) is 2. The van der Waals surface area contributed by atoms with E-state index in [2.05, 4.69) is 17.4 Å². The van der Waals surface area contributed by atoms with Gasteiger partial charge < -0.3 is 34.9 Å². The predicted molar refractivity (Wildman–Crippen MR) is 155 cm³/mol. The average molecular weight is 559 g/mol. The second-order valence-corrected chi connectivity index (χ2v) is 10.2. The molecule has 0 bridgehead atoms. The van der Waals surface area contributed by atoms with Gasteiger partial charge in [0.2, 0.25) is 0 Å². The van der Waals surface area contributed by atoms with E-state index in [0.717, 1.165) is 75.0 Å². The number of hydrogen-bond acceptors (Lipinski definition) is 8. The highest BCUT2D eigenvalue weighted by Crippen LogP contribution is 2.26. The molecule has 222 valence electrons. The van der Waals surface area contributed by atoms with Crippen LogP contribution in [0, 0.1) is 0 Å². The van der Waals surface area contributed by atoms with Crippen LogP contribution < -0.4 is 16.6 Å². The molecule has 40 heavy (non-hydrogen) atoms. The van der Waals surface area contributed by atoms with Crippen molar-refractivity contribution in [2.75, 3.05) is 58.0 Å². The van der Waals surface area contributed by atoms with Crippen molar-refractivity contribution in [3.8, 4) is 0 Å². The fraction of sp³-hybridized carbons (Fsp3) is 0.633. The Bertz CT molecular complexity index is 1080. The lowest BCUT2D eigenvalue weighted by Crippen LogP contribution is -2.23. The fourth-order valence-corrected chi connectivity index (χ4v) is 4.91. The van der Waals surface area contributed by atoms with Gasteiger partial charge in [0.15, 0.2) is 0 Å². The van der Waals surface area contributed by atoms with Crippen LogP contribution in [-0.2, 0) is 38.4 Å². The minimum atomic E-state index is -0.827. The number of hydrogen-bond donors (Lipinski definition) is 3. The number of nitrogens with one attached hydrogen (secondary N) is 1. The van der Waals surface area contributed by atoms with Gasteiger partial charge in [0.05, 0.1) is 46.1 Å². The molecule has 1 unspecified atom stereocenters. The number of aliphatic carboxylic acids is 1. The lowest BCUT2D eigenvalue weighted by molar-refractivity contribution is -0.137. The third kappa shape index (κ3) is 11.8. The molecule has 1 aliphatic rings. The van der Waals surface area contributed by atoms with Crippen LogP contribution in [0.15, 0.2) is 35.3 Å². The Balaban J connectivity index is 1.37. The first-order chi connectivity index (χ1) is 19.6. The lowest BCUT2D eigenvalue weighted by atomic mass is 9.91. The molecule has 0 aliphatic carbocycles. The van der Waals surface area contributed by atoms with E-state index in [-0.39, 0.29) is 17.9 Å². The number of carboxylic acids is 1. The van der Waals surface area contributed by atoms with E-state index < -0.39 is 5.97 Å². The second kappa shape index (κ2) is 18.5. The smallest absolute Gasteiger partial charge is 0.303 e. The van der Waals surface area contributed by atoms with E-state index in [1.807, 2.05) is 0 Å². The summed E-state index contributed by atoms with van der Waals surface area (Å²) in [6.45, 7) is 4.64. The van der Waals surface area contributed by atoms with E-state index in [9.17, 15) is 14.7 Å². The van der Waals surface area contributed by atoms with E-state index in [1.54, 1.807) is 16.8 Å². The number of carbonyl (C=O) groups is 1. The highest BCUT2D eigenvalue weighted by atomic mass is 16.5. The number of pyridine rings is 2. The number of ether oxygens (including phenoxy) is 3. The Morgan fingerprint density at radius 1 is 1.00 bits per heavy atom. The molecule has 2 aromatic rings. The van der Waals surface area contributed by atoms with Gasteiger partial charge in [-0.05, 0) is 55.2 Å². The highest BCUT2D eigenvalue weighted by Gasteiger charge is 2.17. The molecule has 2 aromatic heterocycles. The van der Waals surface area contributed by atoms with Crippen LogP contribution >= 0.6 is 0 Å². The summed E-state index contributed by atoms with van der Waals surface area (Å²) in [5.41, 5.74) is 8.56. The molecule has 3 heterocycles. The lowest BCUT2D eigenvalue weighted by Gasteiger charge is -2.18. The van der Waals surface area contributed by atoms with Crippen LogP contribution in [0.1, 0.15) is 67.7 Å². The molecule has 0 saturated heterocycles. The van der Waals surface area contributed by atoms with Gasteiger partial charge in [0, 0.05) is 37.6 Å². The Morgan fingerprint density at radius 2 is 1.75 bits per heavy atom. The minimum absolute atomic E-state index is 0.0487. The Kier molecular flexibility index (Phi) is 14.7. The van der Waals surface area contributed by atoms with Gasteiger partial charge >= 0.3 is 5.97 Å². The molecule has 10 heteroatoms. The second-order valence-electron chi connectivity index (χ2n) is 10.2. The van der Waals surface area contributed by atoms with Crippen molar-refractivity contribution in [1.29, 1.82) is 0 Å². The number of aromatic nitrogens is 2. The maximum Gasteiger partial charge on any atom is 0.303 e. The zero-order valence-corrected chi connectivity index (χ0v) is 23.7. The van der Waals surface area contributed by atoms with E-state index in [0.29, 0.717) is 52.7 Å². The molecule has 0 fully saturated rings. The first kappa shape index (κ1) is 31.7. The summed E-state index contributed by atoms with van der Waals surface area (Å²) in [6, 6.07) is 7.63. The summed E-state index contributed by atoms with van der Waals surface area (Å²) in [4.78, 5) is 28.7. The van der Waals surface area contributed by atoms with E-state index >= 15 is 0 Å². The van der Waals surface area contributed by atoms with Crippen molar-refractivity contribution < 1.29 is 24.1 Å². The van der Waals surface area contributed by atoms with Gasteiger partial charge in [-0.1, -0.05) is 31.4 Å². The van der Waals surface area contributed by atoms with Crippen molar-refractivity contribution >= 4 is 11.8 Å². The minimum Gasteiger partial charge on any atom is -0.481 e. The van der Waals surface area contributed by atoms with Gasteiger partial charge in [-0.2, -0.15) is 0 Å². The number of nitrogens with two attached hydrogens (primary N) is 1. The van der Waals surface area contributed by atoms with Crippen molar-refractivity contribution in [3.63, 3.8) is 0 Å². The van der Waals surface area contributed by atoms with Gasteiger partial charge in [-0.3, -0.25) is 9.59 Å². The number of aryl methyl sites for hydroxylation is 2. The van der Waals surface area contributed by atoms with Crippen LogP contribution in [-0.4, -0.2) is 73.4 Å². The Labute approximate surface area is 237 Å². The normalized spacial score (nSPS) is 13.5. The molecule has 0 radical (unpaired) electrons. The maximum atomic E-state index is 12.4. The zero-order valence-electron chi connectivity index (χ0n) is 23.7. The monoisotopic (exact) mass is 558 g/mol. The SMILES string of the molecule is NCCOCCOCCOCCn1cc(C(CCCCCCc2ccc3c(n2)NCCC3)CC(=O)O)ccc1=O. The van der Waals surface area contributed by atoms with Crippen LogP contribution in [0.3, 0.4) is 0 Å². The molecule has 0 saturated carbocycles. The third-order valence-electron chi connectivity index (χ3n) is 7.07. The quantitative estimate of drug-likeness (QED) is 0.197. The Hall–Kier alpha value is -2.79. The van der Waals surface area contributed by atoms with E-state index in [4.69, 9.17) is 24.9 Å². The average Bonchev–Trinajstić information content (AvgIpc) is 2.96. The van der Waals surface area contributed by atoms with Gasteiger partial charge in [-0.25, -0.2) is 4.98 Å². The molecule has 0 amide bonds. The van der Waals surface area contributed by atoms with Crippen LogP contribution in [0.5, 0.6) is 0 Å². The topological polar surface area (TPSA) is 138 Å². The summed E-state index contributed by atoms with van der Waals surface area (Å²) in [6.07, 6.45) is 9.94. The molecular formula is C30H46N4O6. The number of carboxylic acid groups (broad SMARTS) is 1. The molecule has 4 N–H and O–H groups in total. The molecule has 0 spiro atoms. The number of unbranched alkanes of at least 4 members (excludes halogenated alkanes) is 3. The summed E-state index contributed by atoms with van der Waals surface area (Å²) >= 11 is 0. The highest BCUT2D eigenvalue weighted by molar-refractivity contribution is 5.68. The molecule has 1 atom stereocenters. The zero-order chi connectivity index (χ0) is 28.4. The molecule has 10 nitrogen and oxygen atoms in total. The van der Waals surface area contributed by atoms with Crippen molar-refractivity contribution in [2.24, 2.45) is 5.73 Å². The fourth-order valence-electron chi connectivity index (χ4n) is 4.91. The van der Waals surface area contributed by atoms with Gasteiger partial charge in [-0.15, -0.1) is 0 Å². The summed E-state index contributed by atoms with van der Waals surface area (Å²) in [5.74, 6) is 0.0857. The van der Waals surface area contributed by atoms with Crippen molar-refractivity contribution in [3.05, 3.63) is 57.6 Å². The summed E-state index contributed by atoms with van der Waals surface area (Å²) in [7, 11) is 0. The van der Waals surface area contributed by atoms with E-state index in [1.165, 1.54) is 11.6 Å². The third-order valence-corrected chi connectivity index (χ3v) is 7.07. The largest absolute Gasteiger partial charge is 0.481 e. The van der Waals surface area contributed by atoms with Gasteiger partial charge in [0.25, 0.3) is 5.56 Å². The summed E-state index contributed by atoms with van der Waals surface area (Å²) in [5, 5.41) is 12.9. The maximum absolute atomic E-state index is 12.4. The predicted octanol–water partition coefficient (Wildman–Crippen LogP) is 3.36. The number of fused-ring (bicyclic) bond motifs is 1. The van der Waals surface area contributed by atoms with Crippen LogP contribution in [0.2, 0.25) is 0 Å². The van der Waals surface area contributed by atoms with Crippen LogP contribution in [0.4, 0.5) is 5.82 Å². The van der Waals surface area contributed by atoms with Crippen molar-refractivity contribution in [2.45, 2.75) is 70.3 Å². The first-order valence-electron chi connectivity index (χ1n) is 14.6. The number of anilines is 1. The molecule has 0 aromatic carbocycles. The summed E-state index contributed by atoms with van der Waals surface area (Å²) < 4.78 is 17.9. The standard InChI is InChI=1S/C30H46N4O6/c31-13-16-38-18-20-40-21-19-39-17-15-34-23-26(10-12-28(34)35)25(22-29(36)37)6-3-1-2-4-8-27-11-9-24-7-5-14-32-30(24)33-27/h9-12,23,25H,1-8,13-22,31H2,(H,32,33)(H,36,37). The molecule has 1 aliphatic heterocycles. The number of rotatable bonds is 21. The van der Waals surface area contributed by atoms with Gasteiger partial charge in [0.1, 0.15) is 5.82 Å².